The van der Waals surface area contributed by atoms with E-state index in [4.69, 9.17) is 4.74 Å². The number of benzene rings is 1. The summed E-state index contributed by atoms with van der Waals surface area (Å²) in [6.07, 6.45) is 1.02. The second-order valence-corrected chi connectivity index (χ2v) is 5.83. The van der Waals surface area contributed by atoms with Gasteiger partial charge in [0.05, 0.1) is 13.2 Å². The molecule has 0 bridgehead atoms. The zero-order valence-electron chi connectivity index (χ0n) is 12.9. The maximum Gasteiger partial charge on any atom is 0.191 e. The zero-order chi connectivity index (χ0) is 15.5. The highest BCUT2D eigenvalue weighted by molar-refractivity contribution is 7.09. The highest BCUT2D eigenvalue weighted by atomic mass is 32.1. The number of hydrogen-bond donors (Lipinski definition) is 2. The van der Waals surface area contributed by atoms with Crippen LogP contribution in [0.3, 0.4) is 0 Å². The molecule has 0 fully saturated rings. The third-order valence-corrected chi connectivity index (χ3v) is 4.05. The Morgan fingerprint density at radius 1 is 1.09 bits per heavy atom. The number of aliphatic imine (C=N–C) groups is 1. The number of ether oxygens (including phenoxy) is 1. The number of rotatable bonds is 8. The Balaban J connectivity index is 1.54. The van der Waals surface area contributed by atoms with Crippen molar-refractivity contribution in [3.8, 4) is 0 Å². The lowest BCUT2D eigenvalue weighted by molar-refractivity contribution is 0.125. The van der Waals surface area contributed by atoms with Crippen LogP contribution in [-0.2, 0) is 17.8 Å². The zero-order valence-corrected chi connectivity index (χ0v) is 13.7. The van der Waals surface area contributed by atoms with Crippen LogP contribution in [0.2, 0.25) is 0 Å². The molecule has 1 heterocycles. The van der Waals surface area contributed by atoms with E-state index in [9.17, 15) is 0 Å². The minimum Gasteiger partial charge on any atom is -0.375 e. The average Bonchev–Trinajstić information content (AvgIpc) is 3.07. The van der Waals surface area contributed by atoms with E-state index in [1.54, 1.807) is 18.4 Å². The molecule has 2 N–H and O–H groups in total. The maximum absolute atomic E-state index is 5.63. The topological polar surface area (TPSA) is 45.7 Å². The summed E-state index contributed by atoms with van der Waals surface area (Å²) in [5.41, 5.74) is 1.20. The van der Waals surface area contributed by atoms with Gasteiger partial charge in [0.25, 0.3) is 0 Å². The van der Waals surface area contributed by atoms with Gasteiger partial charge < -0.3 is 15.4 Å². The van der Waals surface area contributed by atoms with Crippen LogP contribution in [0.5, 0.6) is 0 Å². The first-order chi connectivity index (χ1) is 10.9. The van der Waals surface area contributed by atoms with Crippen molar-refractivity contribution in [3.05, 3.63) is 58.3 Å². The van der Waals surface area contributed by atoms with Crippen LogP contribution < -0.4 is 10.6 Å². The molecule has 0 aliphatic rings. The molecule has 1 aromatic heterocycles. The largest absolute Gasteiger partial charge is 0.375 e. The van der Waals surface area contributed by atoms with Gasteiger partial charge in [-0.25, -0.2) is 0 Å². The van der Waals surface area contributed by atoms with Crippen molar-refractivity contribution in [1.29, 1.82) is 0 Å². The minimum absolute atomic E-state index is 0.646. The van der Waals surface area contributed by atoms with Crippen molar-refractivity contribution in [2.75, 3.05) is 26.7 Å². The Morgan fingerprint density at radius 3 is 2.64 bits per heavy atom. The summed E-state index contributed by atoms with van der Waals surface area (Å²) in [4.78, 5) is 5.59. The third kappa shape index (κ3) is 6.28. The summed E-state index contributed by atoms with van der Waals surface area (Å²) in [6.45, 7) is 2.92. The highest BCUT2D eigenvalue weighted by Crippen LogP contribution is 2.07. The summed E-state index contributed by atoms with van der Waals surface area (Å²) < 4.78 is 5.63. The van der Waals surface area contributed by atoms with Crippen molar-refractivity contribution < 1.29 is 4.74 Å². The Kier molecular flexibility index (Phi) is 7.49. The first-order valence-corrected chi connectivity index (χ1v) is 8.35. The highest BCUT2D eigenvalue weighted by Gasteiger charge is 1.98. The van der Waals surface area contributed by atoms with Crippen molar-refractivity contribution >= 4 is 17.3 Å². The van der Waals surface area contributed by atoms with Crippen LogP contribution in [0.1, 0.15) is 10.4 Å². The lowest BCUT2D eigenvalue weighted by Gasteiger charge is -2.11. The van der Waals surface area contributed by atoms with Gasteiger partial charge in [0, 0.05) is 25.0 Å². The van der Waals surface area contributed by atoms with Crippen LogP contribution in [-0.4, -0.2) is 32.7 Å². The number of nitrogens with one attached hydrogen (secondary N) is 2. The van der Waals surface area contributed by atoms with Gasteiger partial charge in [-0.1, -0.05) is 36.4 Å². The van der Waals surface area contributed by atoms with Crippen LogP contribution in [0.4, 0.5) is 0 Å². The van der Waals surface area contributed by atoms with Gasteiger partial charge in [0.2, 0.25) is 0 Å². The fourth-order valence-corrected chi connectivity index (χ4v) is 2.69. The summed E-state index contributed by atoms with van der Waals surface area (Å²) in [7, 11) is 1.78. The van der Waals surface area contributed by atoms with E-state index >= 15 is 0 Å². The summed E-state index contributed by atoms with van der Waals surface area (Å²) in [5.74, 6) is 0.819. The molecule has 5 heteroatoms. The van der Waals surface area contributed by atoms with Crippen LogP contribution in [0.25, 0.3) is 0 Å². The molecular weight excluding hydrogens is 294 g/mol. The Morgan fingerprint density at radius 2 is 1.91 bits per heavy atom. The number of thiophene rings is 1. The standard InChI is InChI=1S/C17H23N3OS/c1-18-17(19-10-9-16-8-5-13-22-16)20-11-12-21-14-15-6-3-2-4-7-15/h2-8,13H,9-12,14H2,1H3,(H2,18,19,20). The van der Waals surface area contributed by atoms with E-state index in [1.165, 1.54) is 10.4 Å². The first kappa shape index (κ1) is 16.5. The molecule has 0 aliphatic carbocycles. The fourth-order valence-electron chi connectivity index (χ4n) is 1.99. The van der Waals surface area contributed by atoms with Crippen LogP contribution in [0.15, 0.2) is 52.8 Å². The second-order valence-electron chi connectivity index (χ2n) is 4.79. The molecule has 0 spiro atoms. The number of guanidine groups is 1. The van der Waals surface area contributed by atoms with Gasteiger partial charge in [0.1, 0.15) is 0 Å². The van der Waals surface area contributed by atoms with E-state index < -0.39 is 0 Å². The molecule has 0 amide bonds. The number of nitrogens with zero attached hydrogens (tertiary/aromatic N) is 1. The van der Waals surface area contributed by atoms with E-state index in [1.807, 2.05) is 18.2 Å². The average molecular weight is 317 g/mol. The van der Waals surface area contributed by atoms with Crippen LogP contribution in [0, 0.1) is 0 Å². The van der Waals surface area contributed by atoms with Gasteiger partial charge in [-0.3, -0.25) is 4.99 Å². The van der Waals surface area contributed by atoms with Gasteiger partial charge in [-0.2, -0.15) is 0 Å². The second kappa shape index (κ2) is 9.97. The van der Waals surface area contributed by atoms with Crippen molar-refractivity contribution in [2.24, 2.45) is 4.99 Å². The monoisotopic (exact) mass is 317 g/mol. The van der Waals surface area contributed by atoms with Gasteiger partial charge in [-0.05, 0) is 23.4 Å². The SMILES string of the molecule is CN=C(NCCOCc1ccccc1)NCCc1cccs1. The quantitative estimate of drug-likeness (QED) is 0.447. The minimum atomic E-state index is 0.646. The Hall–Kier alpha value is -1.85. The summed E-state index contributed by atoms with van der Waals surface area (Å²) >= 11 is 1.78. The first-order valence-electron chi connectivity index (χ1n) is 7.47. The van der Waals surface area contributed by atoms with Crippen molar-refractivity contribution in [3.63, 3.8) is 0 Å². The lowest BCUT2D eigenvalue weighted by Crippen LogP contribution is -2.39. The normalized spacial score (nSPS) is 11.4. The third-order valence-electron chi connectivity index (χ3n) is 3.12. The molecule has 0 atom stereocenters. The van der Waals surface area contributed by atoms with Crippen molar-refractivity contribution in [1.82, 2.24) is 10.6 Å². The molecule has 4 nitrogen and oxygen atoms in total. The van der Waals surface area contributed by atoms with E-state index in [0.717, 1.165) is 25.5 Å². The van der Waals surface area contributed by atoms with Gasteiger partial charge in [0.15, 0.2) is 5.96 Å². The predicted molar refractivity (Wildman–Crippen MR) is 93.5 cm³/mol. The van der Waals surface area contributed by atoms with Gasteiger partial charge >= 0.3 is 0 Å². The molecule has 0 saturated heterocycles. The molecule has 118 valence electrons. The smallest absolute Gasteiger partial charge is 0.191 e. The van der Waals surface area contributed by atoms with Crippen molar-refractivity contribution in [2.45, 2.75) is 13.0 Å². The molecular formula is C17H23N3OS. The molecule has 2 rings (SSSR count). The molecule has 1 aromatic carbocycles. The van der Waals surface area contributed by atoms with Gasteiger partial charge in [-0.15, -0.1) is 11.3 Å². The van der Waals surface area contributed by atoms with E-state index in [-0.39, 0.29) is 0 Å². The fraction of sp³-hybridized carbons (Fsp3) is 0.353. The molecule has 0 saturated carbocycles. The predicted octanol–water partition coefficient (Wildman–Crippen LogP) is 2.67. The van der Waals surface area contributed by atoms with E-state index in [2.05, 4.69) is 45.3 Å². The number of hydrogen-bond acceptors (Lipinski definition) is 3. The molecule has 2 aromatic rings. The van der Waals surface area contributed by atoms with Crippen LogP contribution >= 0.6 is 11.3 Å². The summed E-state index contributed by atoms with van der Waals surface area (Å²) in [6, 6.07) is 14.4. The molecule has 22 heavy (non-hydrogen) atoms. The maximum atomic E-state index is 5.63. The lowest BCUT2D eigenvalue weighted by atomic mass is 10.2. The molecule has 0 radical (unpaired) electrons. The molecule has 0 unspecified atom stereocenters. The Labute approximate surface area is 136 Å². The Bertz CT molecular complexity index is 540. The van der Waals surface area contributed by atoms with E-state index in [0.29, 0.717) is 13.2 Å². The molecule has 0 aliphatic heterocycles. The summed E-state index contributed by atoms with van der Waals surface area (Å²) in [5, 5.41) is 8.66.